The third-order valence-electron chi connectivity index (χ3n) is 1.56. The highest BCUT2D eigenvalue weighted by atomic mass is 127. The predicted molar refractivity (Wildman–Crippen MR) is 58.8 cm³/mol. The molecular formula is C7H3Cl2IN2. The molecule has 0 aliphatic carbocycles. The van der Waals surface area contributed by atoms with E-state index in [0.29, 0.717) is 10.0 Å². The van der Waals surface area contributed by atoms with Gasteiger partial charge in [-0.3, -0.25) is 5.10 Å². The van der Waals surface area contributed by atoms with Crippen LogP contribution in [0.1, 0.15) is 0 Å². The molecule has 0 amide bonds. The van der Waals surface area contributed by atoms with Crippen LogP contribution in [0, 0.1) is 3.70 Å². The normalized spacial score (nSPS) is 10.9. The number of halogens is 3. The van der Waals surface area contributed by atoms with Gasteiger partial charge in [-0.1, -0.05) is 23.2 Å². The van der Waals surface area contributed by atoms with Crippen LogP contribution in [0.2, 0.25) is 10.0 Å². The summed E-state index contributed by atoms with van der Waals surface area (Å²) in [6.07, 6.45) is 0. The zero-order valence-corrected chi connectivity index (χ0v) is 9.41. The Morgan fingerprint density at radius 2 is 1.92 bits per heavy atom. The third-order valence-corrected chi connectivity index (χ3v) is 2.96. The molecule has 0 saturated heterocycles. The number of nitrogens with zero attached hydrogens (tertiary/aromatic N) is 1. The monoisotopic (exact) mass is 312 g/mol. The lowest BCUT2D eigenvalue weighted by Gasteiger charge is -1.94. The highest BCUT2D eigenvalue weighted by Crippen LogP contribution is 2.30. The average molecular weight is 313 g/mol. The van der Waals surface area contributed by atoms with Gasteiger partial charge < -0.3 is 0 Å². The van der Waals surface area contributed by atoms with E-state index in [1.54, 1.807) is 12.1 Å². The topological polar surface area (TPSA) is 28.7 Å². The molecule has 0 aliphatic heterocycles. The van der Waals surface area contributed by atoms with Gasteiger partial charge in [0.2, 0.25) is 0 Å². The minimum atomic E-state index is 0.619. The van der Waals surface area contributed by atoms with Crippen molar-refractivity contribution in [2.24, 2.45) is 0 Å². The Bertz CT molecular complexity index is 438. The molecule has 1 N–H and O–H groups in total. The molecule has 1 aromatic carbocycles. The largest absolute Gasteiger partial charge is 0.271 e. The van der Waals surface area contributed by atoms with E-state index in [4.69, 9.17) is 23.2 Å². The fraction of sp³-hybridized carbons (Fsp3) is 0. The molecule has 2 rings (SSSR count). The van der Waals surface area contributed by atoms with E-state index in [1.165, 1.54) is 0 Å². The van der Waals surface area contributed by atoms with Crippen molar-refractivity contribution in [1.82, 2.24) is 10.2 Å². The number of nitrogens with one attached hydrogen (secondary N) is 1. The van der Waals surface area contributed by atoms with Gasteiger partial charge in [-0.2, -0.15) is 5.10 Å². The summed E-state index contributed by atoms with van der Waals surface area (Å²) >= 11 is 14.0. The first-order chi connectivity index (χ1) is 5.70. The van der Waals surface area contributed by atoms with Crippen LogP contribution in [0.5, 0.6) is 0 Å². The SMILES string of the molecule is Clc1ccc(Cl)c2c(I)[nH]nc12. The van der Waals surface area contributed by atoms with Crippen LogP contribution in [0.25, 0.3) is 10.9 Å². The molecule has 62 valence electrons. The molecule has 0 spiro atoms. The van der Waals surface area contributed by atoms with Crippen molar-refractivity contribution in [1.29, 1.82) is 0 Å². The fourth-order valence-electron chi connectivity index (χ4n) is 1.02. The number of fused-ring (bicyclic) bond motifs is 1. The molecule has 1 heterocycles. The molecule has 0 fully saturated rings. The second-order valence-corrected chi connectivity index (χ2v) is 4.18. The first kappa shape index (κ1) is 8.59. The number of hydrogen-bond acceptors (Lipinski definition) is 1. The number of hydrogen-bond donors (Lipinski definition) is 1. The van der Waals surface area contributed by atoms with Crippen LogP contribution < -0.4 is 0 Å². The van der Waals surface area contributed by atoms with Gasteiger partial charge in [-0.05, 0) is 34.7 Å². The van der Waals surface area contributed by atoms with Gasteiger partial charge in [0, 0.05) is 0 Å². The van der Waals surface area contributed by atoms with E-state index >= 15 is 0 Å². The van der Waals surface area contributed by atoms with Gasteiger partial charge in [0.1, 0.15) is 9.22 Å². The van der Waals surface area contributed by atoms with Crippen LogP contribution >= 0.6 is 45.8 Å². The summed E-state index contributed by atoms with van der Waals surface area (Å²) in [6.45, 7) is 0. The zero-order valence-electron chi connectivity index (χ0n) is 5.74. The summed E-state index contributed by atoms with van der Waals surface area (Å²) in [5, 5.41) is 9.04. The van der Waals surface area contributed by atoms with Crippen LogP contribution in [-0.2, 0) is 0 Å². The molecule has 0 saturated carbocycles. The maximum atomic E-state index is 5.95. The Labute approximate surface area is 92.4 Å². The quantitative estimate of drug-likeness (QED) is 0.741. The van der Waals surface area contributed by atoms with Gasteiger partial charge >= 0.3 is 0 Å². The predicted octanol–water partition coefficient (Wildman–Crippen LogP) is 3.47. The highest BCUT2D eigenvalue weighted by Gasteiger charge is 2.09. The van der Waals surface area contributed by atoms with Gasteiger partial charge in [-0.25, -0.2) is 0 Å². The van der Waals surface area contributed by atoms with E-state index in [1.807, 2.05) is 0 Å². The van der Waals surface area contributed by atoms with Crippen molar-refractivity contribution in [2.75, 3.05) is 0 Å². The molecule has 2 aromatic rings. The second-order valence-electron chi connectivity index (χ2n) is 2.29. The van der Waals surface area contributed by atoms with Crippen molar-refractivity contribution in [2.45, 2.75) is 0 Å². The number of benzene rings is 1. The Balaban J connectivity index is 2.98. The van der Waals surface area contributed by atoms with E-state index in [2.05, 4.69) is 32.8 Å². The molecule has 12 heavy (non-hydrogen) atoms. The average Bonchev–Trinajstić information content (AvgIpc) is 2.42. The molecule has 0 unspecified atom stereocenters. The fourth-order valence-corrected chi connectivity index (χ4v) is 2.29. The molecule has 0 radical (unpaired) electrons. The van der Waals surface area contributed by atoms with Crippen molar-refractivity contribution in [3.63, 3.8) is 0 Å². The van der Waals surface area contributed by atoms with E-state index < -0.39 is 0 Å². The van der Waals surface area contributed by atoms with Crippen LogP contribution in [-0.4, -0.2) is 10.2 Å². The highest BCUT2D eigenvalue weighted by molar-refractivity contribution is 14.1. The lowest BCUT2D eigenvalue weighted by molar-refractivity contribution is 1.09. The van der Waals surface area contributed by atoms with Gasteiger partial charge in [0.25, 0.3) is 0 Å². The van der Waals surface area contributed by atoms with Crippen molar-refractivity contribution in [3.05, 3.63) is 25.9 Å². The Kier molecular flexibility index (Phi) is 2.18. The van der Waals surface area contributed by atoms with Crippen LogP contribution in [0.3, 0.4) is 0 Å². The standard InChI is InChI=1S/C7H3Cl2IN2/c8-3-1-2-4(9)6-5(3)7(10)12-11-6/h1-2H,(H,11,12). The lowest BCUT2D eigenvalue weighted by atomic mass is 10.2. The van der Waals surface area contributed by atoms with Gasteiger partial charge in [0.15, 0.2) is 0 Å². The Morgan fingerprint density at radius 1 is 1.25 bits per heavy atom. The molecule has 0 bridgehead atoms. The summed E-state index contributed by atoms with van der Waals surface area (Å²) in [6, 6.07) is 3.51. The maximum Gasteiger partial charge on any atom is 0.113 e. The first-order valence-corrected chi connectivity index (χ1v) is 5.01. The minimum absolute atomic E-state index is 0.619. The second kappa shape index (κ2) is 3.05. The zero-order chi connectivity index (χ0) is 8.72. The molecule has 0 aliphatic rings. The minimum Gasteiger partial charge on any atom is -0.271 e. The molecule has 0 atom stereocenters. The van der Waals surface area contributed by atoms with Crippen molar-refractivity contribution < 1.29 is 0 Å². The summed E-state index contributed by atoms with van der Waals surface area (Å²) in [5.41, 5.74) is 0.730. The summed E-state index contributed by atoms with van der Waals surface area (Å²) in [7, 11) is 0. The summed E-state index contributed by atoms with van der Waals surface area (Å²) in [5.74, 6) is 0. The van der Waals surface area contributed by atoms with Crippen molar-refractivity contribution in [3.8, 4) is 0 Å². The number of aromatic nitrogens is 2. The smallest absolute Gasteiger partial charge is 0.113 e. The van der Waals surface area contributed by atoms with E-state index in [-0.39, 0.29) is 0 Å². The Morgan fingerprint density at radius 3 is 2.58 bits per heavy atom. The number of rotatable bonds is 0. The molecule has 2 nitrogen and oxygen atoms in total. The third kappa shape index (κ3) is 1.20. The first-order valence-electron chi connectivity index (χ1n) is 3.17. The molecular weight excluding hydrogens is 310 g/mol. The molecule has 1 aromatic heterocycles. The number of aromatic amines is 1. The lowest BCUT2D eigenvalue weighted by Crippen LogP contribution is -1.72. The number of H-pyrrole nitrogens is 1. The van der Waals surface area contributed by atoms with E-state index in [9.17, 15) is 0 Å². The summed E-state index contributed by atoms with van der Waals surface area (Å²) in [4.78, 5) is 0. The Hall–Kier alpha value is -0.000000000000000111. The van der Waals surface area contributed by atoms with Crippen LogP contribution in [0.15, 0.2) is 12.1 Å². The molecule has 5 heteroatoms. The van der Waals surface area contributed by atoms with Crippen molar-refractivity contribution >= 4 is 56.7 Å². The van der Waals surface area contributed by atoms with Gasteiger partial charge in [0.05, 0.1) is 15.4 Å². The summed E-state index contributed by atoms with van der Waals surface area (Å²) < 4.78 is 0.912. The van der Waals surface area contributed by atoms with E-state index in [0.717, 1.165) is 14.6 Å². The maximum absolute atomic E-state index is 5.95. The van der Waals surface area contributed by atoms with Gasteiger partial charge in [-0.15, -0.1) is 0 Å². The van der Waals surface area contributed by atoms with Crippen LogP contribution in [0.4, 0.5) is 0 Å².